The first-order valence-electron chi connectivity index (χ1n) is 10.9. The molecule has 1 aliphatic heterocycles. The third kappa shape index (κ3) is 4.07. The van der Waals surface area contributed by atoms with E-state index >= 15 is 0 Å². The number of hydrogen-bond donors (Lipinski definition) is 0. The first-order valence-corrected chi connectivity index (χ1v) is 10.9. The van der Waals surface area contributed by atoms with Crippen molar-refractivity contribution in [1.29, 1.82) is 0 Å². The molecule has 2 heterocycles. The molecule has 1 aromatic heterocycles. The largest absolute Gasteiger partial charge is 0.416 e. The van der Waals surface area contributed by atoms with Crippen molar-refractivity contribution in [3.05, 3.63) is 96.1 Å². The van der Waals surface area contributed by atoms with E-state index in [1.807, 2.05) is 36.4 Å². The van der Waals surface area contributed by atoms with Crippen LogP contribution in [-0.4, -0.2) is 18.1 Å². The van der Waals surface area contributed by atoms with Gasteiger partial charge in [0.1, 0.15) is 0 Å². The van der Waals surface area contributed by atoms with Crippen molar-refractivity contribution in [1.82, 2.24) is 4.98 Å². The highest BCUT2D eigenvalue weighted by Gasteiger charge is 2.30. The van der Waals surface area contributed by atoms with Crippen LogP contribution in [-0.2, 0) is 6.18 Å². The summed E-state index contributed by atoms with van der Waals surface area (Å²) in [6.45, 7) is 1.68. The van der Waals surface area contributed by atoms with E-state index in [9.17, 15) is 13.2 Å². The first kappa shape index (κ1) is 20.6. The van der Waals surface area contributed by atoms with Crippen LogP contribution in [0.4, 0.5) is 18.9 Å². The second-order valence-electron chi connectivity index (χ2n) is 8.30. The van der Waals surface area contributed by atoms with E-state index in [-0.39, 0.29) is 5.92 Å². The fraction of sp³-hybridized carbons (Fsp3) is 0.222. The predicted molar refractivity (Wildman–Crippen MR) is 123 cm³/mol. The Morgan fingerprint density at radius 2 is 1.44 bits per heavy atom. The van der Waals surface area contributed by atoms with Crippen LogP contribution in [0.25, 0.3) is 22.2 Å². The Kier molecular flexibility index (Phi) is 5.33. The molecule has 0 saturated carbocycles. The number of piperidine rings is 1. The van der Waals surface area contributed by atoms with Crippen LogP contribution in [0.1, 0.15) is 29.9 Å². The van der Waals surface area contributed by atoms with Crippen LogP contribution in [0.5, 0.6) is 0 Å². The minimum Gasteiger partial charge on any atom is -0.370 e. The van der Waals surface area contributed by atoms with Crippen molar-refractivity contribution in [2.45, 2.75) is 24.9 Å². The Labute approximate surface area is 185 Å². The van der Waals surface area contributed by atoms with Gasteiger partial charge in [0.25, 0.3) is 0 Å². The normalized spacial score (nSPS) is 15.3. The number of rotatable bonds is 3. The van der Waals surface area contributed by atoms with Gasteiger partial charge in [0, 0.05) is 24.0 Å². The van der Waals surface area contributed by atoms with E-state index in [1.165, 1.54) is 12.1 Å². The van der Waals surface area contributed by atoms with Gasteiger partial charge in [-0.25, -0.2) is 4.98 Å². The molecule has 162 valence electrons. The molecule has 0 spiro atoms. The van der Waals surface area contributed by atoms with E-state index in [2.05, 4.69) is 29.2 Å². The van der Waals surface area contributed by atoms with Crippen molar-refractivity contribution in [2.24, 2.45) is 0 Å². The number of para-hydroxylation sites is 1. The molecule has 1 fully saturated rings. The van der Waals surface area contributed by atoms with E-state index in [0.29, 0.717) is 0 Å². The van der Waals surface area contributed by atoms with E-state index in [1.54, 1.807) is 12.1 Å². The van der Waals surface area contributed by atoms with Crippen LogP contribution in [0.15, 0.2) is 84.9 Å². The Balaban J connectivity index is 1.41. The van der Waals surface area contributed by atoms with Gasteiger partial charge < -0.3 is 4.90 Å². The van der Waals surface area contributed by atoms with E-state index in [4.69, 9.17) is 4.98 Å². The average Bonchev–Trinajstić information content (AvgIpc) is 2.83. The highest BCUT2D eigenvalue weighted by molar-refractivity contribution is 5.89. The maximum atomic E-state index is 12.9. The van der Waals surface area contributed by atoms with Crippen LogP contribution < -0.4 is 4.90 Å². The smallest absolute Gasteiger partial charge is 0.370 e. The van der Waals surface area contributed by atoms with Crippen molar-refractivity contribution < 1.29 is 13.2 Å². The van der Waals surface area contributed by atoms with Crippen LogP contribution >= 0.6 is 0 Å². The summed E-state index contributed by atoms with van der Waals surface area (Å²) in [5, 5.41) is 1.10. The molecular weight excluding hydrogens is 409 g/mol. The van der Waals surface area contributed by atoms with E-state index < -0.39 is 11.7 Å². The van der Waals surface area contributed by atoms with Crippen LogP contribution in [0.2, 0.25) is 0 Å². The number of hydrogen-bond acceptors (Lipinski definition) is 2. The molecule has 4 aromatic rings. The molecule has 0 bridgehead atoms. The number of alkyl halides is 3. The SMILES string of the molecule is FC(F)(F)c1ccc(C2CCN(c3cc4ccccc4nc3-c3ccccc3)CC2)cc1. The summed E-state index contributed by atoms with van der Waals surface area (Å²) >= 11 is 0. The molecule has 0 atom stereocenters. The number of pyridine rings is 1. The predicted octanol–water partition coefficient (Wildman–Crippen LogP) is 7.30. The molecule has 3 aromatic carbocycles. The molecule has 2 nitrogen and oxygen atoms in total. The monoisotopic (exact) mass is 432 g/mol. The number of anilines is 1. The Hall–Kier alpha value is -3.34. The lowest BCUT2D eigenvalue weighted by atomic mass is 9.88. The van der Waals surface area contributed by atoms with Crippen molar-refractivity contribution in [2.75, 3.05) is 18.0 Å². The lowest BCUT2D eigenvalue weighted by Gasteiger charge is -2.35. The highest BCUT2D eigenvalue weighted by atomic mass is 19.4. The Morgan fingerprint density at radius 1 is 0.781 bits per heavy atom. The number of halogens is 3. The van der Waals surface area contributed by atoms with Gasteiger partial charge in [-0.15, -0.1) is 0 Å². The average molecular weight is 432 g/mol. The lowest BCUT2D eigenvalue weighted by Crippen LogP contribution is -2.33. The summed E-state index contributed by atoms with van der Waals surface area (Å²) in [4.78, 5) is 7.35. The summed E-state index contributed by atoms with van der Waals surface area (Å²) in [7, 11) is 0. The zero-order valence-electron chi connectivity index (χ0n) is 17.5. The molecule has 5 rings (SSSR count). The Morgan fingerprint density at radius 3 is 2.12 bits per heavy atom. The topological polar surface area (TPSA) is 16.1 Å². The molecule has 5 heteroatoms. The van der Waals surface area contributed by atoms with Gasteiger partial charge in [0.15, 0.2) is 0 Å². The minimum absolute atomic E-state index is 0.266. The zero-order chi connectivity index (χ0) is 22.1. The third-order valence-corrected chi connectivity index (χ3v) is 6.30. The van der Waals surface area contributed by atoms with Crippen molar-refractivity contribution in [3.8, 4) is 11.3 Å². The number of aromatic nitrogens is 1. The van der Waals surface area contributed by atoms with Gasteiger partial charge in [0.2, 0.25) is 0 Å². The summed E-state index contributed by atoms with van der Waals surface area (Å²) in [5.74, 6) is 0.266. The standard InChI is InChI=1S/C27H23F3N2/c28-27(29,30)23-12-10-19(11-13-23)20-14-16-32(17-15-20)25-18-22-8-4-5-9-24(22)31-26(25)21-6-2-1-3-7-21/h1-13,18,20H,14-17H2. The molecule has 0 aliphatic carbocycles. The third-order valence-electron chi connectivity index (χ3n) is 6.30. The summed E-state index contributed by atoms with van der Waals surface area (Å²) in [6, 6.07) is 26.2. The molecule has 0 unspecified atom stereocenters. The maximum absolute atomic E-state index is 12.9. The van der Waals surface area contributed by atoms with Gasteiger partial charge in [-0.3, -0.25) is 0 Å². The highest BCUT2D eigenvalue weighted by Crippen LogP contribution is 2.37. The second kappa shape index (κ2) is 8.30. The molecule has 1 saturated heterocycles. The summed E-state index contributed by atoms with van der Waals surface area (Å²) in [5.41, 5.74) is 4.52. The van der Waals surface area contributed by atoms with Crippen molar-refractivity contribution in [3.63, 3.8) is 0 Å². The van der Waals surface area contributed by atoms with E-state index in [0.717, 1.165) is 59.3 Å². The van der Waals surface area contributed by atoms with Gasteiger partial charge in [0.05, 0.1) is 22.5 Å². The van der Waals surface area contributed by atoms with Crippen LogP contribution in [0.3, 0.4) is 0 Å². The molecule has 1 aliphatic rings. The van der Waals surface area contributed by atoms with Gasteiger partial charge in [-0.1, -0.05) is 60.7 Å². The van der Waals surface area contributed by atoms with Crippen LogP contribution in [0, 0.1) is 0 Å². The Bertz CT molecular complexity index is 1210. The number of nitrogens with zero attached hydrogens (tertiary/aromatic N) is 2. The van der Waals surface area contributed by atoms with Gasteiger partial charge in [-0.05, 0) is 48.6 Å². The molecule has 0 radical (unpaired) electrons. The van der Waals surface area contributed by atoms with Crippen molar-refractivity contribution >= 4 is 16.6 Å². The first-order chi connectivity index (χ1) is 15.5. The van der Waals surface area contributed by atoms with Gasteiger partial charge >= 0.3 is 6.18 Å². The molecule has 32 heavy (non-hydrogen) atoms. The summed E-state index contributed by atoms with van der Waals surface area (Å²) in [6.07, 6.45) is -2.50. The second-order valence-corrected chi connectivity index (χ2v) is 8.30. The molecular formula is C27H23F3N2. The lowest BCUT2D eigenvalue weighted by molar-refractivity contribution is -0.137. The maximum Gasteiger partial charge on any atom is 0.416 e. The fourth-order valence-electron chi connectivity index (χ4n) is 4.55. The minimum atomic E-state index is -4.29. The molecule has 0 amide bonds. The zero-order valence-corrected chi connectivity index (χ0v) is 17.5. The summed E-state index contributed by atoms with van der Waals surface area (Å²) < 4.78 is 38.6. The number of benzene rings is 3. The molecule has 0 N–H and O–H groups in total. The number of fused-ring (bicyclic) bond motifs is 1. The quantitative estimate of drug-likeness (QED) is 0.338. The van der Waals surface area contributed by atoms with Gasteiger partial charge in [-0.2, -0.15) is 13.2 Å². The fourth-order valence-corrected chi connectivity index (χ4v) is 4.55.